The van der Waals surface area contributed by atoms with E-state index in [2.05, 4.69) is 36.4 Å². The van der Waals surface area contributed by atoms with Crippen LogP contribution in [0, 0.1) is 11.7 Å². The molecule has 0 radical (unpaired) electrons. The van der Waals surface area contributed by atoms with Crippen LogP contribution in [-0.4, -0.2) is 24.4 Å². The van der Waals surface area contributed by atoms with Crippen LogP contribution in [0.2, 0.25) is 0 Å². The number of rotatable bonds is 7. The summed E-state index contributed by atoms with van der Waals surface area (Å²) in [5, 5.41) is 6.36. The number of hydrogen-bond acceptors (Lipinski definition) is 3. The topological polar surface area (TPSA) is 37.0 Å². The van der Waals surface area contributed by atoms with E-state index in [1.54, 1.807) is 18.5 Å². The molecule has 0 aliphatic carbocycles. The quantitative estimate of drug-likeness (QED) is 0.616. The fourth-order valence-electron chi connectivity index (χ4n) is 3.63. The van der Waals surface area contributed by atoms with Gasteiger partial charge in [0, 0.05) is 59.2 Å². The highest BCUT2D eigenvalue weighted by molar-refractivity contribution is 5.65. The average Bonchev–Trinajstić information content (AvgIpc) is 3.16. The molecular weight excluding hydrogens is 387 g/mol. The number of nitrogens with zero attached hydrogens (tertiary/aromatic N) is 1. The molecule has 1 unspecified atom stereocenters. The van der Waals surface area contributed by atoms with Crippen molar-refractivity contribution >= 4 is 0 Å². The smallest absolute Gasteiger partial charge is 0.131 e. The molecule has 1 aromatic heterocycles. The van der Waals surface area contributed by atoms with Gasteiger partial charge in [-0.25, -0.2) is 4.39 Å². The van der Waals surface area contributed by atoms with Gasteiger partial charge in [0.25, 0.3) is 0 Å². The maximum absolute atomic E-state index is 14.9. The summed E-state index contributed by atoms with van der Waals surface area (Å²) in [6, 6.07) is 8.58. The monoisotopic (exact) mass is 417 g/mol. The lowest BCUT2D eigenvalue weighted by molar-refractivity contribution is 0.241. The number of pyridine rings is 1. The van der Waals surface area contributed by atoms with Crippen molar-refractivity contribution < 1.29 is 13.2 Å². The third kappa shape index (κ3) is 4.97. The van der Waals surface area contributed by atoms with Gasteiger partial charge < -0.3 is 10.6 Å². The molecule has 3 nitrogen and oxygen atoms in total. The molecule has 30 heavy (non-hydrogen) atoms. The maximum Gasteiger partial charge on any atom is 0.131 e. The van der Waals surface area contributed by atoms with Crippen LogP contribution in [0.3, 0.4) is 0 Å². The molecule has 2 atom stereocenters. The first kappa shape index (κ1) is 22.2. The second-order valence-corrected chi connectivity index (χ2v) is 9.00. The Bertz CT molecular complexity index is 901. The average molecular weight is 418 g/mol. The first-order valence-electron chi connectivity index (χ1n) is 10.3. The highest BCUT2D eigenvalue weighted by Gasteiger charge is 2.26. The van der Waals surface area contributed by atoms with Crippen LogP contribution >= 0.6 is 0 Å². The van der Waals surface area contributed by atoms with Gasteiger partial charge in [-0.15, -0.1) is 0 Å². The van der Waals surface area contributed by atoms with Crippen molar-refractivity contribution in [2.45, 2.75) is 51.6 Å². The molecule has 2 aromatic rings. The van der Waals surface area contributed by atoms with E-state index in [4.69, 9.17) is 0 Å². The van der Waals surface area contributed by atoms with E-state index in [-0.39, 0.29) is 23.3 Å². The van der Waals surface area contributed by atoms with Crippen LogP contribution in [-0.2, 0) is 5.41 Å². The van der Waals surface area contributed by atoms with Crippen molar-refractivity contribution in [2.24, 2.45) is 5.92 Å². The number of aromatic nitrogens is 1. The second-order valence-electron chi connectivity index (χ2n) is 9.00. The Morgan fingerprint density at radius 3 is 2.53 bits per heavy atom. The van der Waals surface area contributed by atoms with Crippen LogP contribution in [0.5, 0.6) is 0 Å². The van der Waals surface area contributed by atoms with Gasteiger partial charge in [0.2, 0.25) is 0 Å². The fraction of sp³-hybridized carbons (Fsp3) is 0.458. The van der Waals surface area contributed by atoms with Gasteiger partial charge in [-0.05, 0) is 36.2 Å². The van der Waals surface area contributed by atoms with Crippen LogP contribution in [0.25, 0.3) is 11.1 Å². The molecule has 0 saturated heterocycles. The Kier molecular flexibility index (Phi) is 6.74. The third-order valence-corrected chi connectivity index (χ3v) is 5.61. The van der Waals surface area contributed by atoms with E-state index >= 15 is 0 Å². The fourth-order valence-corrected chi connectivity index (χ4v) is 3.63. The second kappa shape index (κ2) is 9.11. The molecule has 0 bridgehead atoms. The van der Waals surface area contributed by atoms with Gasteiger partial charge in [-0.2, -0.15) is 0 Å². The van der Waals surface area contributed by atoms with Crippen molar-refractivity contribution in [2.75, 3.05) is 13.3 Å². The zero-order valence-electron chi connectivity index (χ0n) is 18.0. The lowest BCUT2D eigenvalue weighted by Gasteiger charge is -2.20. The van der Waals surface area contributed by atoms with Gasteiger partial charge in [0.15, 0.2) is 0 Å². The number of alkyl halides is 2. The zero-order valence-corrected chi connectivity index (χ0v) is 18.0. The molecule has 0 amide bonds. The van der Waals surface area contributed by atoms with E-state index in [0.717, 1.165) is 22.5 Å². The van der Waals surface area contributed by atoms with Crippen molar-refractivity contribution in [3.05, 3.63) is 65.5 Å². The Balaban J connectivity index is 1.71. The van der Waals surface area contributed by atoms with Crippen molar-refractivity contribution in [1.82, 2.24) is 15.6 Å². The number of benzene rings is 1. The molecule has 2 heterocycles. The van der Waals surface area contributed by atoms with E-state index in [9.17, 15) is 13.2 Å². The molecular formula is C24H30F3N3. The van der Waals surface area contributed by atoms with Gasteiger partial charge in [0.1, 0.15) is 5.82 Å². The number of hydrogen-bond donors (Lipinski definition) is 2. The highest BCUT2D eigenvalue weighted by Crippen LogP contribution is 2.29. The minimum Gasteiger partial charge on any atom is -0.386 e. The summed E-state index contributed by atoms with van der Waals surface area (Å²) < 4.78 is 40.8. The van der Waals surface area contributed by atoms with E-state index in [1.807, 2.05) is 25.1 Å². The minimum absolute atomic E-state index is 0.116. The van der Waals surface area contributed by atoms with Gasteiger partial charge in [0.05, 0.1) is 13.3 Å². The number of halogens is 3. The Morgan fingerprint density at radius 1 is 1.17 bits per heavy atom. The lowest BCUT2D eigenvalue weighted by atomic mass is 9.89. The van der Waals surface area contributed by atoms with Crippen molar-refractivity contribution in [1.29, 1.82) is 0 Å². The molecule has 162 valence electrons. The standard InChI is InChI=1S/C24H30F3N3/c1-15(30-19-11-22(29-14-19)18(12-25)13-26)16-5-6-20(21(27)9-16)17-7-8-28-23(10-17)24(2,3)4/h5-10,14-15,18,22,29-30H,11-13H2,1-4H3/t15?,22-/m0/s1. The van der Waals surface area contributed by atoms with Gasteiger partial charge in [-0.1, -0.05) is 32.9 Å². The summed E-state index contributed by atoms with van der Waals surface area (Å²) in [6.45, 7) is 6.78. The first-order chi connectivity index (χ1) is 14.2. The molecule has 0 saturated carbocycles. The SMILES string of the molecule is CC(NC1=CN[C@H](C(CF)CF)C1)c1ccc(-c2ccnc(C(C)(C)C)c2)c(F)c1. The molecule has 0 spiro atoms. The molecule has 1 aromatic carbocycles. The van der Waals surface area contributed by atoms with Crippen LogP contribution in [0.1, 0.15) is 51.4 Å². The van der Waals surface area contributed by atoms with Gasteiger partial charge >= 0.3 is 0 Å². The molecule has 2 N–H and O–H groups in total. The van der Waals surface area contributed by atoms with Crippen LogP contribution in [0.4, 0.5) is 13.2 Å². The van der Waals surface area contributed by atoms with Crippen LogP contribution in [0.15, 0.2) is 48.4 Å². The largest absolute Gasteiger partial charge is 0.386 e. The molecule has 1 aliphatic heterocycles. The maximum atomic E-state index is 14.9. The summed E-state index contributed by atoms with van der Waals surface area (Å²) in [4.78, 5) is 4.41. The molecule has 0 fully saturated rings. The van der Waals surface area contributed by atoms with Crippen molar-refractivity contribution in [3.63, 3.8) is 0 Å². The lowest BCUT2D eigenvalue weighted by Crippen LogP contribution is -2.32. The summed E-state index contributed by atoms with van der Waals surface area (Å²) in [5.41, 5.74) is 3.80. The van der Waals surface area contributed by atoms with Crippen LogP contribution < -0.4 is 10.6 Å². The molecule has 6 heteroatoms. The molecule has 3 rings (SSSR count). The van der Waals surface area contributed by atoms with E-state index < -0.39 is 19.3 Å². The predicted molar refractivity (Wildman–Crippen MR) is 115 cm³/mol. The summed E-state index contributed by atoms with van der Waals surface area (Å²) in [6.07, 6.45) is 4.00. The minimum atomic E-state index is -0.691. The van der Waals surface area contributed by atoms with E-state index in [1.165, 1.54) is 6.07 Å². The highest BCUT2D eigenvalue weighted by atomic mass is 19.1. The Labute approximate surface area is 176 Å². The van der Waals surface area contributed by atoms with Crippen molar-refractivity contribution in [3.8, 4) is 11.1 Å². The first-order valence-corrected chi connectivity index (χ1v) is 10.3. The predicted octanol–water partition coefficient (Wildman–Crippen LogP) is 5.59. The number of nitrogens with one attached hydrogen (secondary N) is 2. The van der Waals surface area contributed by atoms with E-state index in [0.29, 0.717) is 12.0 Å². The Morgan fingerprint density at radius 2 is 1.90 bits per heavy atom. The Hall–Kier alpha value is -2.50. The summed E-state index contributed by atoms with van der Waals surface area (Å²) in [7, 11) is 0. The summed E-state index contributed by atoms with van der Waals surface area (Å²) in [5.74, 6) is -0.940. The third-order valence-electron chi connectivity index (χ3n) is 5.61. The summed E-state index contributed by atoms with van der Waals surface area (Å²) >= 11 is 0. The zero-order chi connectivity index (χ0) is 21.9. The van der Waals surface area contributed by atoms with Gasteiger partial charge in [-0.3, -0.25) is 13.8 Å². The molecule has 1 aliphatic rings. The normalized spacial score (nSPS) is 17.6.